The summed E-state index contributed by atoms with van der Waals surface area (Å²) in [7, 11) is 0. The first-order valence-electron chi connectivity index (χ1n) is 9.65. The third-order valence-corrected chi connectivity index (χ3v) is 4.52. The van der Waals surface area contributed by atoms with E-state index in [0.29, 0.717) is 23.3 Å². The maximum absolute atomic E-state index is 13.3. The number of amides is 1. The molecule has 0 aliphatic heterocycles. The predicted octanol–water partition coefficient (Wildman–Crippen LogP) is 5.81. The molecule has 0 saturated heterocycles. The highest BCUT2D eigenvalue weighted by Crippen LogP contribution is 2.30. The number of rotatable bonds is 5. The van der Waals surface area contributed by atoms with E-state index in [1.54, 1.807) is 36.4 Å². The van der Waals surface area contributed by atoms with Crippen molar-refractivity contribution < 1.29 is 22.7 Å². The molecular formula is C24H15F3N4O2. The number of carbonyl (C=O) groups excluding carboxylic acids is 1. The van der Waals surface area contributed by atoms with Gasteiger partial charge in [0.2, 0.25) is 0 Å². The normalized spacial score (nSPS) is 11.0. The Morgan fingerprint density at radius 2 is 1.67 bits per heavy atom. The van der Waals surface area contributed by atoms with Crippen LogP contribution in [0.4, 0.5) is 18.9 Å². The van der Waals surface area contributed by atoms with Crippen LogP contribution >= 0.6 is 0 Å². The van der Waals surface area contributed by atoms with Crippen molar-refractivity contribution in [3.05, 3.63) is 102 Å². The Balaban J connectivity index is 1.65. The summed E-state index contributed by atoms with van der Waals surface area (Å²) in [6.45, 7) is 0. The van der Waals surface area contributed by atoms with Crippen LogP contribution < -0.4 is 10.1 Å². The average Bonchev–Trinajstić information content (AvgIpc) is 3.27. The molecule has 9 heteroatoms. The largest absolute Gasteiger partial charge is 0.457 e. The summed E-state index contributed by atoms with van der Waals surface area (Å²) in [5.41, 5.74) is -0.881. The van der Waals surface area contributed by atoms with Crippen molar-refractivity contribution in [3.63, 3.8) is 0 Å². The highest BCUT2D eigenvalue weighted by molar-refractivity contribution is 6.03. The van der Waals surface area contributed by atoms with Crippen LogP contribution in [0.2, 0.25) is 0 Å². The molecular weight excluding hydrogens is 433 g/mol. The van der Waals surface area contributed by atoms with E-state index in [0.717, 1.165) is 4.68 Å². The second-order valence-corrected chi connectivity index (χ2v) is 6.88. The molecule has 164 valence electrons. The van der Waals surface area contributed by atoms with Crippen LogP contribution in [0, 0.1) is 11.3 Å². The van der Waals surface area contributed by atoms with Crippen LogP contribution in [0.1, 0.15) is 21.7 Å². The fourth-order valence-corrected chi connectivity index (χ4v) is 3.04. The van der Waals surface area contributed by atoms with E-state index in [1.165, 1.54) is 24.3 Å². The maximum atomic E-state index is 13.3. The topological polar surface area (TPSA) is 79.9 Å². The number of alkyl halides is 3. The number of nitrogens with one attached hydrogen (secondary N) is 1. The molecule has 1 aromatic heterocycles. The van der Waals surface area contributed by atoms with Crippen LogP contribution in [0.5, 0.6) is 11.5 Å². The van der Waals surface area contributed by atoms with Crippen molar-refractivity contribution in [3.8, 4) is 23.3 Å². The molecule has 0 unspecified atom stereocenters. The van der Waals surface area contributed by atoms with Gasteiger partial charge in [-0.15, -0.1) is 0 Å². The van der Waals surface area contributed by atoms with Crippen molar-refractivity contribution in [2.24, 2.45) is 0 Å². The molecule has 0 aliphatic rings. The smallest absolute Gasteiger partial charge is 0.435 e. The van der Waals surface area contributed by atoms with Crippen molar-refractivity contribution in [2.75, 3.05) is 5.32 Å². The lowest BCUT2D eigenvalue weighted by atomic mass is 10.2. The number of halogens is 3. The van der Waals surface area contributed by atoms with E-state index >= 15 is 0 Å². The third-order valence-electron chi connectivity index (χ3n) is 4.52. The minimum atomic E-state index is -4.75. The molecule has 3 aromatic carbocycles. The van der Waals surface area contributed by atoms with Gasteiger partial charge in [0.25, 0.3) is 5.91 Å². The van der Waals surface area contributed by atoms with Gasteiger partial charge in [0.1, 0.15) is 17.2 Å². The lowest BCUT2D eigenvalue weighted by molar-refractivity contribution is -0.141. The van der Waals surface area contributed by atoms with Gasteiger partial charge in [-0.3, -0.25) is 4.79 Å². The number of aromatic nitrogens is 2. The Kier molecular flexibility index (Phi) is 5.83. The first kappa shape index (κ1) is 21.6. The minimum Gasteiger partial charge on any atom is -0.457 e. The van der Waals surface area contributed by atoms with Crippen LogP contribution in [-0.2, 0) is 6.18 Å². The van der Waals surface area contributed by atoms with Gasteiger partial charge in [-0.05, 0) is 42.5 Å². The fourth-order valence-electron chi connectivity index (χ4n) is 3.04. The fraction of sp³-hybridized carbons (Fsp3) is 0.0417. The number of benzene rings is 3. The zero-order valence-corrected chi connectivity index (χ0v) is 16.9. The second kappa shape index (κ2) is 8.88. The SMILES string of the molecule is N#Cc1cccc(-n2nc(C(F)(F)F)cc2C(=O)Nc2cccc(Oc3ccccc3)c2)c1. The Hall–Kier alpha value is -4.58. The van der Waals surface area contributed by atoms with Crippen molar-refractivity contribution >= 4 is 11.6 Å². The van der Waals surface area contributed by atoms with Crippen molar-refractivity contribution in [2.45, 2.75) is 6.18 Å². The molecule has 33 heavy (non-hydrogen) atoms. The molecule has 0 bridgehead atoms. The number of carbonyl (C=O) groups is 1. The summed E-state index contributed by atoms with van der Waals surface area (Å²) in [5, 5.41) is 15.2. The molecule has 6 nitrogen and oxygen atoms in total. The zero-order valence-electron chi connectivity index (χ0n) is 16.9. The Morgan fingerprint density at radius 1 is 0.939 bits per heavy atom. The van der Waals surface area contributed by atoms with Crippen LogP contribution in [0.3, 0.4) is 0 Å². The van der Waals surface area contributed by atoms with Gasteiger partial charge in [-0.2, -0.15) is 23.5 Å². The third kappa shape index (κ3) is 5.02. The summed E-state index contributed by atoms with van der Waals surface area (Å²) in [4.78, 5) is 12.9. The lowest BCUT2D eigenvalue weighted by Gasteiger charge is -2.10. The highest BCUT2D eigenvalue weighted by atomic mass is 19.4. The molecule has 0 radical (unpaired) electrons. The number of anilines is 1. The van der Waals surface area contributed by atoms with E-state index < -0.39 is 17.8 Å². The van der Waals surface area contributed by atoms with Gasteiger partial charge < -0.3 is 10.1 Å². The maximum Gasteiger partial charge on any atom is 0.435 e. The molecule has 1 N–H and O–H groups in total. The molecule has 0 atom stereocenters. The van der Waals surface area contributed by atoms with Crippen LogP contribution in [0.15, 0.2) is 84.9 Å². The van der Waals surface area contributed by atoms with Gasteiger partial charge in [0.05, 0.1) is 17.3 Å². The molecule has 4 aromatic rings. The summed E-state index contributed by atoms with van der Waals surface area (Å²) in [5.74, 6) is 0.216. The standard InChI is InChI=1S/C24H15F3N4O2/c25-24(26,27)22-14-21(31(30-22)18-8-4-6-16(12-18)15-28)23(32)29-17-7-5-11-20(13-17)33-19-9-2-1-3-10-19/h1-14H,(H,29,32). The quantitative estimate of drug-likeness (QED) is 0.418. The van der Waals surface area contributed by atoms with E-state index in [2.05, 4.69) is 10.4 Å². The van der Waals surface area contributed by atoms with Crippen molar-refractivity contribution in [1.29, 1.82) is 5.26 Å². The molecule has 0 fully saturated rings. The predicted molar refractivity (Wildman–Crippen MR) is 114 cm³/mol. The van der Waals surface area contributed by atoms with Gasteiger partial charge >= 0.3 is 6.18 Å². The lowest BCUT2D eigenvalue weighted by Crippen LogP contribution is -2.17. The number of nitriles is 1. The summed E-state index contributed by atoms with van der Waals surface area (Å²) >= 11 is 0. The number of hydrogen-bond donors (Lipinski definition) is 1. The van der Waals surface area contributed by atoms with E-state index in [-0.39, 0.29) is 16.9 Å². The second-order valence-electron chi connectivity index (χ2n) is 6.88. The van der Waals surface area contributed by atoms with E-state index in [9.17, 15) is 18.0 Å². The van der Waals surface area contributed by atoms with Crippen LogP contribution in [0.25, 0.3) is 5.69 Å². The van der Waals surface area contributed by atoms with Crippen molar-refractivity contribution in [1.82, 2.24) is 9.78 Å². The average molecular weight is 448 g/mol. The molecule has 0 aliphatic carbocycles. The summed E-state index contributed by atoms with van der Waals surface area (Å²) in [6.07, 6.45) is -4.75. The van der Waals surface area contributed by atoms with Gasteiger partial charge in [0.15, 0.2) is 5.69 Å². The molecule has 1 amide bonds. The molecule has 0 saturated carbocycles. The number of nitrogens with zero attached hydrogens (tertiary/aromatic N) is 3. The highest BCUT2D eigenvalue weighted by Gasteiger charge is 2.36. The van der Waals surface area contributed by atoms with Gasteiger partial charge in [-0.25, -0.2) is 4.68 Å². The zero-order chi connectivity index (χ0) is 23.4. The molecule has 1 heterocycles. The van der Waals surface area contributed by atoms with Gasteiger partial charge in [-0.1, -0.05) is 30.3 Å². The summed E-state index contributed by atoms with van der Waals surface area (Å²) < 4.78 is 46.5. The minimum absolute atomic E-state index is 0.149. The first-order valence-corrected chi connectivity index (χ1v) is 9.65. The number of ether oxygens (including phenoxy) is 1. The Labute approximate surface area is 186 Å². The molecule has 0 spiro atoms. The monoisotopic (exact) mass is 448 g/mol. The Morgan fingerprint density at radius 3 is 2.39 bits per heavy atom. The Bertz CT molecular complexity index is 1340. The first-order chi connectivity index (χ1) is 15.8. The van der Waals surface area contributed by atoms with Gasteiger partial charge in [0, 0.05) is 17.8 Å². The number of para-hydroxylation sites is 1. The van der Waals surface area contributed by atoms with E-state index in [1.807, 2.05) is 24.3 Å². The summed E-state index contributed by atoms with van der Waals surface area (Å²) in [6, 6.07) is 23.8. The number of hydrogen-bond acceptors (Lipinski definition) is 4. The van der Waals surface area contributed by atoms with Crippen LogP contribution in [-0.4, -0.2) is 15.7 Å². The molecule has 4 rings (SSSR count). The van der Waals surface area contributed by atoms with E-state index in [4.69, 9.17) is 10.00 Å².